The average Bonchev–Trinajstić information content (AvgIpc) is 1.91. The van der Waals surface area contributed by atoms with Crippen LogP contribution in [0.2, 0.25) is 0 Å². The minimum Gasteiger partial charge on any atom is -0.350 e. The molecule has 0 aromatic rings. The standard InChI is InChI=1S/C5H10O2.Zn/c1-4-5(2)7-3-6-4;/h4-5H,3H2,1-2H3;. The van der Waals surface area contributed by atoms with E-state index in [1.54, 1.807) is 0 Å². The van der Waals surface area contributed by atoms with E-state index < -0.39 is 0 Å². The van der Waals surface area contributed by atoms with Crippen molar-refractivity contribution in [1.29, 1.82) is 0 Å². The molecule has 0 aliphatic carbocycles. The van der Waals surface area contributed by atoms with Gasteiger partial charge in [-0.3, -0.25) is 0 Å². The van der Waals surface area contributed by atoms with Crippen molar-refractivity contribution in [3.8, 4) is 0 Å². The van der Waals surface area contributed by atoms with Crippen LogP contribution >= 0.6 is 0 Å². The Bertz CT molecular complexity index is 59.4. The summed E-state index contributed by atoms with van der Waals surface area (Å²) < 4.78 is 10.1. The quantitative estimate of drug-likeness (QED) is 0.496. The van der Waals surface area contributed by atoms with Crippen LogP contribution in [0.3, 0.4) is 0 Å². The van der Waals surface area contributed by atoms with Crippen LogP contribution in [0.4, 0.5) is 0 Å². The summed E-state index contributed by atoms with van der Waals surface area (Å²) >= 11 is 0. The van der Waals surface area contributed by atoms with E-state index in [1.807, 2.05) is 13.8 Å². The molecular weight excluding hydrogens is 157 g/mol. The van der Waals surface area contributed by atoms with Gasteiger partial charge in [-0.15, -0.1) is 0 Å². The van der Waals surface area contributed by atoms with E-state index in [1.165, 1.54) is 0 Å². The molecule has 0 N–H and O–H groups in total. The minimum atomic E-state index is 0. The van der Waals surface area contributed by atoms with E-state index in [2.05, 4.69) is 0 Å². The predicted molar refractivity (Wildman–Crippen MR) is 26.0 cm³/mol. The number of ether oxygens (including phenoxy) is 2. The van der Waals surface area contributed by atoms with Crippen LogP contribution in [0.25, 0.3) is 0 Å². The first kappa shape index (κ1) is 8.54. The van der Waals surface area contributed by atoms with Crippen molar-refractivity contribution in [2.24, 2.45) is 0 Å². The zero-order valence-corrected chi connectivity index (χ0v) is 8.35. The monoisotopic (exact) mass is 166 g/mol. The van der Waals surface area contributed by atoms with Crippen LogP contribution in [0.1, 0.15) is 13.8 Å². The molecular formula is C5H10O2Zn. The van der Waals surface area contributed by atoms with Crippen molar-refractivity contribution >= 4 is 0 Å². The summed E-state index contributed by atoms with van der Waals surface area (Å²) in [7, 11) is 0. The van der Waals surface area contributed by atoms with Crippen LogP contribution in [-0.2, 0) is 29.0 Å². The van der Waals surface area contributed by atoms with E-state index in [4.69, 9.17) is 9.47 Å². The Morgan fingerprint density at radius 1 is 1.12 bits per heavy atom. The summed E-state index contributed by atoms with van der Waals surface area (Å²) in [5.74, 6) is 0. The Balaban J connectivity index is 0.000000490. The minimum absolute atomic E-state index is 0. The largest absolute Gasteiger partial charge is 0.350 e. The van der Waals surface area contributed by atoms with Crippen molar-refractivity contribution in [3.05, 3.63) is 0 Å². The molecule has 1 heterocycles. The van der Waals surface area contributed by atoms with E-state index in [0.29, 0.717) is 19.0 Å². The number of hydrogen-bond donors (Lipinski definition) is 0. The van der Waals surface area contributed by atoms with Crippen molar-refractivity contribution in [3.63, 3.8) is 0 Å². The van der Waals surface area contributed by atoms with Crippen LogP contribution in [0.15, 0.2) is 0 Å². The molecule has 1 aliphatic rings. The molecule has 2 unspecified atom stereocenters. The number of rotatable bonds is 0. The van der Waals surface area contributed by atoms with E-state index in [0.717, 1.165) is 0 Å². The van der Waals surface area contributed by atoms with Gasteiger partial charge in [0.2, 0.25) is 0 Å². The van der Waals surface area contributed by atoms with Gasteiger partial charge < -0.3 is 9.47 Å². The molecule has 8 heavy (non-hydrogen) atoms. The Kier molecular flexibility index (Phi) is 3.79. The Hall–Kier alpha value is 0.543. The first-order valence-electron chi connectivity index (χ1n) is 2.54. The molecule has 2 nitrogen and oxygen atoms in total. The van der Waals surface area contributed by atoms with Gasteiger partial charge in [0.15, 0.2) is 0 Å². The molecule has 0 spiro atoms. The summed E-state index contributed by atoms with van der Waals surface area (Å²) in [6.45, 7) is 4.50. The molecule has 0 saturated carbocycles. The van der Waals surface area contributed by atoms with Gasteiger partial charge in [0.1, 0.15) is 6.79 Å². The van der Waals surface area contributed by atoms with Crippen LogP contribution in [-0.4, -0.2) is 19.0 Å². The maximum atomic E-state index is 5.04. The fraction of sp³-hybridized carbons (Fsp3) is 1.00. The maximum absolute atomic E-state index is 5.04. The molecule has 0 radical (unpaired) electrons. The van der Waals surface area contributed by atoms with Crippen molar-refractivity contribution in [2.45, 2.75) is 26.1 Å². The second-order valence-electron chi connectivity index (χ2n) is 1.86. The van der Waals surface area contributed by atoms with Crippen LogP contribution < -0.4 is 0 Å². The van der Waals surface area contributed by atoms with Gasteiger partial charge in [0.05, 0.1) is 12.2 Å². The molecule has 1 fully saturated rings. The van der Waals surface area contributed by atoms with Crippen molar-refractivity contribution < 1.29 is 29.0 Å². The van der Waals surface area contributed by atoms with E-state index in [-0.39, 0.29) is 19.5 Å². The molecule has 0 bridgehead atoms. The molecule has 1 saturated heterocycles. The molecule has 0 aromatic carbocycles. The van der Waals surface area contributed by atoms with Gasteiger partial charge >= 0.3 is 0 Å². The molecule has 0 amide bonds. The third-order valence-corrected chi connectivity index (χ3v) is 1.32. The van der Waals surface area contributed by atoms with E-state index >= 15 is 0 Å². The van der Waals surface area contributed by atoms with Gasteiger partial charge in [-0.1, -0.05) is 0 Å². The van der Waals surface area contributed by atoms with Gasteiger partial charge in [-0.2, -0.15) is 0 Å². The topological polar surface area (TPSA) is 18.5 Å². The Morgan fingerprint density at radius 2 is 1.50 bits per heavy atom. The third-order valence-electron chi connectivity index (χ3n) is 1.32. The smallest absolute Gasteiger partial charge is 0.147 e. The predicted octanol–water partition coefficient (Wildman–Crippen LogP) is 0.765. The second kappa shape index (κ2) is 3.55. The van der Waals surface area contributed by atoms with Crippen LogP contribution in [0, 0.1) is 0 Å². The second-order valence-corrected chi connectivity index (χ2v) is 1.86. The molecule has 2 atom stereocenters. The first-order valence-corrected chi connectivity index (χ1v) is 2.54. The first-order chi connectivity index (χ1) is 3.30. The van der Waals surface area contributed by atoms with Crippen molar-refractivity contribution in [1.82, 2.24) is 0 Å². The Labute approximate surface area is 62.3 Å². The van der Waals surface area contributed by atoms with Gasteiger partial charge in [-0.25, -0.2) is 0 Å². The molecule has 1 rings (SSSR count). The van der Waals surface area contributed by atoms with Gasteiger partial charge in [0.25, 0.3) is 0 Å². The Morgan fingerprint density at radius 3 is 1.62 bits per heavy atom. The normalized spacial score (nSPS) is 36.8. The third kappa shape index (κ3) is 1.81. The SMILES string of the molecule is CC1OCOC1C.[Zn]. The zero-order valence-electron chi connectivity index (χ0n) is 5.39. The fourth-order valence-electron chi connectivity index (χ4n) is 0.525. The molecule has 44 valence electrons. The zero-order chi connectivity index (χ0) is 5.28. The van der Waals surface area contributed by atoms with E-state index in [9.17, 15) is 0 Å². The molecule has 3 heteroatoms. The summed E-state index contributed by atoms with van der Waals surface area (Å²) in [6.07, 6.45) is 0.583. The summed E-state index contributed by atoms with van der Waals surface area (Å²) in [6, 6.07) is 0. The van der Waals surface area contributed by atoms with Crippen molar-refractivity contribution in [2.75, 3.05) is 6.79 Å². The summed E-state index contributed by atoms with van der Waals surface area (Å²) in [5.41, 5.74) is 0. The fourth-order valence-corrected chi connectivity index (χ4v) is 0.525. The maximum Gasteiger partial charge on any atom is 0.147 e. The van der Waals surface area contributed by atoms with Gasteiger partial charge in [0, 0.05) is 19.5 Å². The molecule has 0 aromatic heterocycles. The average molecular weight is 168 g/mol. The summed E-state index contributed by atoms with van der Waals surface area (Å²) in [4.78, 5) is 0. The van der Waals surface area contributed by atoms with Gasteiger partial charge in [-0.05, 0) is 13.8 Å². The number of hydrogen-bond acceptors (Lipinski definition) is 2. The molecule has 1 aliphatic heterocycles. The van der Waals surface area contributed by atoms with Crippen LogP contribution in [0.5, 0.6) is 0 Å². The summed E-state index contributed by atoms with van der Waals surface area (Å²) in [5, 5.41) is 0.